The van der Waals surface area contributed by atoms with Gasteiger partial charge in [-0.1, -0.05) is 12.2 Å². The van der Waals surface area contributed by atoms with Gasteiger partial charge in [-0.25, -0.2) is 0 Å². The van der Waals surface area contributed by atoms with E-state index < -0.39 is 0 Å². The van der Waals surface area contributed by atoms with Gasteiger partial charge >= 0.3 is 0 Å². The summed E-state index contributed by atoms with van der Waals surface area (Å²) in [6.07, 6.45) is 9.76. The second-order valence-electron chi connectivity index (χ2n) is 6.61. The van der Waals surface area contributed by atoms with Crippen molar-refractivity contribution in [3.05, 3.63) is 23.9 Å². The van der Waals surface area contributed by atoms with Crippen LogP contribution in [0.1, 0.15) is 19.3 Å². The Bertz CT molecular complexity index is 473. The van der Waals surface area contributed by atoms with Crippen LogP contribution in [0.15, 0.2) is 23.9 Å². The van der Waals surface area contributed by atoms with E-state index in [0.29, 0.717) is 5.84 Å². The number of hydrogen-bond donors (Lipinski definition) is 2. The van der Waals surface area contributed by atoms with Gasteiger partial charge in [0.2, 0.25) is 0 Å². The Hall–Kier alpha value is -1.33. The Morgan fingerprint density at radius 1 is 1.33 bits per heavy atom. The molecule has 0 spiro atoms. The summed E-state index contributed by atoms with van der Waals surface area (Å²) >= 11 is 0. The molecule has 0 aromatic carbocycles. The fourth-order valence-electron chi connectivity index (χ4n) is 4.26. The second-order valence-corrected chi connectivity index (χ2v) is 6.61. The molecular formula is C16H27N4O+. The summed E-state index contributed by atoms with van der Waals surface area (Å²) < 4.78 is 6.36. The van der Waals surface area contributed by atoms with Crippen LogP contribution in [0.3, 0.4) is 0 Å². The number of nitrogens with two attached hydrogens (primary N) is 1. The average Bonchev–Trinajstić information content (AvgIpc) is 2.96. The third-order valence-corrected chi connectivity index (χ3v) is 5.50. The van der Waals surface area contributed by atoms with Gasteiger partial charge in [0.05, 0.1) is 39.0 Å². The van der Waals surface area contributed by atoms with Crippen LogP contribution < -0.4 is 5.73 Å². The Kier molecular flexibility index (Phi) is 3.80. The predicted octanol–water partition coefficient (Wildman–Crippen LogP) is 1.08. The van der Waals surface area contributed by atoms with Crippen LogP contribution in [-0.4, -0.2) is 67.2 Å². The van der Waals surface area contributed by atoms with E-state index in [1.54, 1.807) is 0 Å². The number of ether oxygens (including phenoxy) is 1. The number of amidine groups is 1. The maximum absolute atomic E-state index is 8.41. The van der Waals surface area contributed by atoms with E-state index in [1.807, 2.05) is 0 Å². The second kappa shape index (κ2) is 5.46. The first-order valence-electron chi connectivity index (χ1n) is 7.99. The molecule has 2 heterocycles. The van der Waals surface area contributed by atoms with Crippen molar-refractivity contribution in [3.8, 4) is 0 Å². The lowest BCUT2D eigenvalue weighted by molar-refractivity contribution is -0.932. The lowest BCUT2D eigenvalue weighted by atomic mass is 9.81. The molecule has 3 N–H and O–H groups in total. The zero-order chi connectivity index (χ0) is 14.9. The van der Waals surface area contributed by atoms with Crippen molar-refractivity contribution < 1.29 is 9.22 Å². The van der Waals surface area contributed by atoms with Gasteiger partial charge in [0.1, 0.15) is 0 Å². The van der Waals surface area contributed by atoms with Gasteiger partial charge in [0.15, 0.2) is 11.4 Å². The summed E-state index contributed by atoms with van der Waals surface area (Å²) in [6, 6.07) is 0. The quantitative estimate of drug-likeness (QED) is 0.465. The van der Waals surface area contributed by atoms with Crippen molar-refractivity contribution in [1.82, 2.24) is 4.90 Å². The van der Waals surface area contributed by atoms with Gasteiger partial charge in [-0.15, -0.1) is 0 Å². The van der Waals surface area contributed by atoms with E-state index >= 15 is 0 Å². The number of nitrogens with zero attached hydrogens (tertiary/aromatic N) is 2. The number of allylic oxidation sites excluding steroid dienone is 2. The third kappa shape index (κ3) is 2.19. The van der Waals surface area contributed by atoms with E-state index in [4.69, 9.17) is 15.9 Å². The zero-order valence-corrected chi connectivity index (χ0v) is 13.0. The van der Waals surface area contributed by atoms with Crippen LogP contribution in [0.4, 0.5) is 0 Å². The number of nitrogens with one attached hydrogen (secondary N) is 1. The minimum Gasteiger partial charge on any atom is -0.382 e. The fourth-order valence-corrected chi connectivity index (χ4v) is 4.26. The molecule has 0 amide bonds. The summed E-state index contributed by atoms with van der Waals surface area (Å²) in [4.78, 5) is 2.39. The molecule has 5 nitrogen and oxygen atoms in total. The minimum atomic E-state index is -0.386. The topological polar surface area (TPSA) is 62.3 Å². The van der Waals surface area contributed by atoms with Crippen LogP contribution in [0.5, 0.6) is 0 Å². The van der Waals surface area contributed by atoms with E-state index in [9.17, 15) is 0 Å². The van der Waals surface area contributed by atoms with Gasteiger partial charge in [0, 0.05) is 32.4 Å². The van der Waals surface area contributed by atoms with Gasteiger partial charge in [-0.05, 0) is 6.08 Å². The average molecular weight is 291 g/mol. The van der Waals surface area contributed by atoms with Crippen molar-refractivity contribution in [1.29, 1.82) is 5.41 Å². The molecule has 5 heteroatoms. The van der Waals surface area contributed by atoms with E-state index in [1.165, 1.54) is 18.5 Å². The van der Waals surface area contributed by atoms with Gasteiger partial charge in [-0.2, -0.15) is 0 Å². The highest BCUT2D eigenvalue weighted by Crippen LogP contribution is 2.41. The molecule has 0 aromatic rings. The molecule has 1 atom stereocenters. The highest BCUT2D eigenvalue weighted by Gasteiger charge is 2.56. The monoisotopic (exact) mass is 291 g/mol. The molecule has 0 aromatic heterocycles. The van der Waals surface area contributed by atoms with E-state index in [-0.39, 0.29) is 5.54 Å². The van der Waals surface area contributed by atoms with Crippen molar-refractivity contribution in [2.45, 2.75) is 24.8 Å². The standard InChI is InChI=1S/C16H27N4O/c1-20(10-4-5-11-20)16(15(17)18)7-3-2-6-14(16)19-8-12-21-13-9-19/h2-3,6H,4-5,7-13H2,1H3,(H3,17,18)/q+1. The molecule has 0 radical (unpaired) electrons. The summed E-state index contributed by atoms with van der Waals surface area (Å²) in [5, 5.41) is 8.41. The highest BCUT2D eigenvalue weighted by atomic mass is 16.5. The number of hydrogen-bond acceptors (Lipinski definition) is 3. The first-order valence-corrected chi connectivity index (χ1v) is 7.99. The number of likely N-dealkylation sites (tertiary alicyclic amines) is 1. The van der Waals surface area contributed by atoms with Gasteiger partial charge in [0.25, 0.3) is 0 Å². The minimum absolute atomic E-state index is 0.314. The zero-order valence-electron chi connectivity index (χ0n) is 13.0. The smallest absolute Gasteiger partial charge is 0.200 e. The molecule has 0 saturated carbocycles. The van der Waals surface area contributed by atoms with E-state index in [2.05, 4.69) is 30.2 Å². The SMILES string of the molecule is C[N+]1(C2(C(=N)N)CC=CC=C2N2CCOCC2)CCCC1. The molecule has 21 heavy (non-hydrogen) atoms. The molecule has 1 unspecified atom stereocenters. The summed E-state index contributed by atoms with van der Waals surface area (Å²) in [7, 11) is 2.28. The van der Waals surface area contributed by atoms with E-state index in [0.717, 1.165) is 50.3 Å². The van der Waals surface area contributed by atoms with Crippen molar-refractivity contribution >= 4 is 5.84 Å². The first-order chi connectivity index (χ1) is 10.1. The Balaban J connectivity index is 2.03. The number of morpholine rings is 1. The highest BCUT2D eigenvalue weighted by molar-refractivity contribution is 5.90. The van der Waals surface area contributed by atoms with Gasteiger partial charge < -0.3 is 19.9 Å². The molecule has 0 bridgehead atoms. The Labute approximate surface area is 127 Å². The van der Waals surface area contributed by atoms with Crippen LogP contribution in [0.25, 0.3) is 0 Å². The lowest BCUT2D eigenvalue weighted by Gasteiger charge is -2.52. The van der Waals surface area contributed by atoms with Crippen LogP contribution in [-0.2, 0) is 4.74 Å². The van der Waals surface area contributed by atoms with Gasteiger partial charge in [-0.3, -0.25) is 5.41 Å². The molecule has 116 valence electrons. The molecule has 2 aliphatic heterocycles. The first kappa shape index (κ1) is 14.6. The normalized spacial score (nSPS) is 32.0. The number of quaternary nitrogens is 1. The van der Waals surface area contributed by atoms with Crippen LogP contribution >= 0.6 is 0 Å². The lowest BCUT2D eigenvalue weighted by Crippen LogP contribution is -2.70. The molecule has 2 fully saturated rings. The third-order valence-electron chi connectivity index (χ3n) is 5.50. The Morgan fingerprint density at radius 3 is 2.62 bits per heavy atom. The summed E-state index contributed by atoms with van der Waals surface area (Å²) in [5.41, 5.74) is 7.04. The molecule has 2 saturated heterocycles. The maximum Gasteiger partial charge on any atom is 0.200 e. The number of likely N-dealkylation sites (N-methyl/N-ethyl adjacent to an activating group) is 1. The van der Waals surface area contributed by atoms with Crippen molar-refractivity contribution in [3.63, 3.8) is 0 Å². The van der Waals surface area contributed by atoms with Crippen LogP contribution in [0, 0.1) is 5.41 Å². The van der Waals surface area contributed by atoms with Crippen molar-refractivity contribution in [2.75, 3.05) is 46.4 Å². The summed E-state index contributed by atoms with van der Waals surface area (Å²) in [6.45, 7) is 5.53. The summed E-state index contributed by atoms with van der Waals surface area (Å²) in [5.74, 6) is 0.314. The molecule has 1 aliphatic carbocycles. The number of rotatable bonds is 3. The predicted molar refractivity (Wildman–Crippen MR) is 84.0 cm³/mol. The maximum atomic E-state index is 8.41. The molecule has 3 aliphatic rings. The molecule has 3 rings (SSSR count). The van der Waals surface area contributed by atoms with Crippen LogP contribution in [0.2, 0.25) is 0 Å². The van der Waals surface area contributed by atoms with Crippen molar-refractivity contribution in [2.24, 2.45) is 5.73 Å². The molecular weight excluding hydrogens is 264 g/mol. The Morgan fingerprint density at radius 2 is 2.00 bits per heavy atom. The fraction of sp³-hybridized carbons (Fsp3) is 0.688. The largest absolute Gasteiger partial charge is 0.382 e.